The predicted molar refractivity (Wildman–Crippen MR) is 73.1 cm³/mol. The van der Waals surface area contributed by atoms with Crippen LogP contribution in [0.4, 0.5) is 0 Å². The van der Waals surface area contributed by atoms with Crippen LogP contribution in [0.5, 0.6) is 0 Å². The van der Waals surface area contributed by atoms with Crippen molar-refractivity contribution in [1.29, 1.82) is 0 Å². The highest BCUT2D eigenvalue weighted by molar-refractivity contribution is 7.08. The van der Waals surface area contributed by atoms with Crippen LogP contribution in [0.15, 0.2) is 10.8 Å². The molecule has 0 saturated heterocycles. The van der Waals surface area contributed by atoms with Crippen molar-refractivity contribution in [3.8, 4) is 0 Å². The van der Waals surface area contributed by atoms with Crippen LogP contribution in [0.3, 0.4) is 0 Å². The fraction of sp³-hybridized carbons (Fsp3) is 0.692. The smallest absolute Gasteiger partial charge is 0.0242 e. The molecule has 0 saturated carbocycles. The van der Waals surface area contributed by atoms with Gasteiger partial charge in [-0.1, -0.05) is 13.8 Å². The third-order valence-electron chi connectivity index (χ3n) is 2.62. The molecule has 0 aliphatic rings. The zero-order valence-corrected chi connectivity index (χ0v) is 11.7. The summed E-state index contributed by atoms with van der Waals surface area (Å²) in [5, 5.41) is 7.95. The lowest BCUT2D eigenvalue weighted by atomic mass is 10.2. The highest BCUT2D eigenvalue weighted by atomic mass is 32.1. The summed E-state index contributed by atoms with van der Waals surface area (Å²) in [6.45, 7) is 11.1. The SMILES string of the molecule is Cc1cscc1CN(C)CCNCC(C)C. The molecule has 0 aliphatic carbocycles. The molecule has 1 aromatic heterocycles. The van der Waals surface area contributed by atoms with E-state index in [-0.39, 0.29) is 0 Å². The summed E-state index contributed by atoms with van der Waals surface area (Å²) in [6.07, 6.45) is 0. The molecular weight excluding hydrogens is 216 g/mol. The summed E-state index contributed by atoms with van der Waals surface area (Å²) < 4.78 is 0. The van der Waals surface area contributed by atoms with Gasteiger partial charge in [-0.3, -0.25) is 0 Å². The first-order valence-electron chi connectivity index (χ1n) is 6.00. The molecule has 2 nitrogen and oxygen atoms in total. The van der Waals surface area contributed by atoms with Gasteiger partial charge in [0, 0.05) is 19.6 Å². The van der Waals surface area contributed by atoms with Gasteiger partial charge in [0.25, 0.3) is 0 Å². The molecule has 1 rings (SSSR count). The van der Waals surface area contributed by atoms with E-state index < -0.39 is 0 Å². The summed E-state index contributed by atoms with van der Waals surface area (Å²) in [5.41, 5.74) is 2.89. The molecule has 0 aromatic carbocycles. The van der Waals surface area contributed by atoms with Gasteiger partial charge in [0.2, 0.25) is 0 Å². The summed E-state index contributed by atoms with van der Waals surface area (Å²) in [7, 11) is 2.19. The first-order valence-corrected chi connectivity index (χ1v) is 6.94. The zero-order valence-electron chi connectivity index (χ0n) is 10.9. The van der Waals surface area contributed by atoms with E-state index in [2.05, 4.69) is 48.8 Å². The number of hydrogen-bond acceptors (Lipinski definition) is 3. The number of thiophene rings is 1. The van der Waals surface area contributed by atoms with Crippen molar-refractivity contribution in [2.75, 3.05) is 26.7 Å². The minimum Gasteiger partial charge on any atom is -0.315 e. The van der Waals surface area contributed by atoms with Crippen molar-refractivity contribution in [2.24, 2.45) is 5.92 Å². The molecule has 1 heterocycles. The van der Waals surface area contributed by atoms with Crippen LogP contribution in [0.1, 0.15) is 25.0 Å². The van der Waals surface area contributed by atoms with Crippen LogP contribution in [0, 0.1) is 12.8 Å². The van der Waals surface area contributed by atoms with Crippen molar-refractivity contribution in [1.82, 2.24) is 10.2 Å². The fourth-order valence-electron chi connectivity index (χ4n) is 1.58. The number of rotatable bonds is 7. The second-order valence-electron chi connectivity index (χ2n) is 4.92. The lowest BCUT2D eigenvalue weighted by Gasteiger charge is -2.17. The van der Waals surface area contributed by atoms with Crippen LogP contribution in [-0.4, -0.2) is 31.6 Å². The molecule has 0 atom stereocenters. The molecule has 1 aromatic rings. The van der Waals surface area contributed by atoms with E-state index in [0.29, 0.717) is 0 Å². The molecule has 0 fully saturated rings. The maximum absolute atomic E-state index is 3.47. The largest absolute Gasteiger partial charge is 0.315 e. The predicted octanol–water partition coefficient (Wildman–Crippen LogP) is 2.73. The summed E-state index contributed by atoms with van der Waals surface area (Å²) >= 11 is 1.80. The van der Waals surface area contributed by atoms with Gasteiger partial charge in [-0.2, -0.15) is 11.3 Å². The molecule has 92 valence electrons. The van der Waals surface area contributed by atoms with E-state index in [1.165, 1.54) is 11.1 Å². The Kier molecular flexibility index (Phi) is 6.03. The van der Waals surface area contributed by atoms with E-state index in [0.717, 1.165) is 32.1 Å². The molecule has 0 amide bonds. The van der Waals surface area contributed by atoms with Crippen molar-refractivity contribution < 1.29 is 0 Å². The van der Waals surface area contributed by atoms with Crippen molar-refractivity contribution in [3.63, 3.8) is 0 Å². The Hall–Kier alpha value is -0.380. The Labute approximate surface area is 104 Å². The topological polar surface area (TPSA) is 15.3 Å². The van der Waals surface area contributed by atoms with E-state index in [9.17, 15) is 0 Å². The standard InChI is InChI=1S/C13H24N2S/c1-11(2)7-14-5-6-15(4)8-13-10-16-9-12(13)3/h9-11,14H,5-8H2,1-4H3. The monoisotopic (exact) mass is 240 g/mol. The minimum absolute atomic E-state index is 0.740. The van der Waals surface area contributed by atoms with E-state index >= 15 is 0 Å². The van der Waals surface area contributed by atoms with E-state index in [4.69, 9.17) is 0 Å². The van der Waals surface area contributed by atoms with Gasteiger partial charge in [-0.15, -0.1) is 0 Å². The average molecular weight is 240 g/mol. The molecule has 0 unspecified atom stereocenters. The third kappa shape index (κ3) is 5.10. The van der Waals surface area contributed by atoms with Crippen molar-refractivity contribution >= 4 is 11.3 Å². The maximum atomic E-state index is 3.47. The van der Waals surface area contributed by atoms with Gasteiger partial charge in [-0.25, -0.2) is 0 Å². The second kappa shape index (κ2) is 7.05. The van der Waals surface area contributed by atoms with E-state index in [1.54, 1.807) is 11.3 Å². The average Bonchev–Trinajstić information content (AvgIpc) is 2.59. The number of aryl methyl sites for hydroxylation is 1. The van der Waals surface area contributed by atoms with Crippen LogP contribution < -0.4 is 5.32 Å². The lowest BCUT2D eigenvalue weighted by molar-refractivity contribution is 0.321. The molecule has 1 N–H and O–H groups in total. The zero-order chi connectivity index (χ0) is 12.0. The van der Waals surface area contributed by atoms with Gasteiger partial charge in [0.15, 0.2) is 0 Å². The number of likely N-dealkylation sites (N-methyl/N-ethyl adjacent to an activating group) is 1. The fourth-order valence-corrected chi connectivity index (χ4v) is 2.43. The number of hydrogen-bond donors (Lipinski definition) is 1. The molecule has 0 radical (unpaired) electrons. The Balaban J connectivity index is 2.16. The van der Waals surface area contributed by atoms with Crippen LogP contribution in [0.25, 0.3) is 0 Å². The summed E-state index contributed by atoms with van der Waals surface area (Å²) in [4.78, 5) is 2.38. The molecular formula is C13H24N2S. The Morgan fingerprint density at radius 1 is 1.38 bits per heavy atom. The molecule has 3 heteroatoms. The molecule has 0 aliphatic heterocycles. The molecule has 0 bridgehead atoms. The Morgan fingerprint density at radius 3 is 2.69 bits per heavy atom. The number of nitrogens with zero attached hydrogens (tertiary/aromatic N) is 1. The summed E-state index contributed by atoms with van der Waals surface area (Å²) in [6, 6.07) is 0. The van der Waals surface area contributed by atoms with Gasteiger partial charge in [0.1, 0.15) is 0 Å². The molecule has 0 spiro atoms. The maximum Gasteiger partial charge on any atom is 0.0242 e. The quantitative estimate of drug-likeness (QED) is 0.737. The Bertz CT molecular complexity index is 294. The van der Waals surface area contributed by atoms with E-state index in [1.807, 2.05) is 0 Å². The van der Waals surface area contributed by atoms with Gasteiger partial charge >= 0.3 is 0 Å². The van der Waals surface area contributed by atoms with Crippen LogP contribution in [0.2, 0.25) is 0 Å². The van der Waals surface area contributed by atoms with Gasteiger partial charge in [0.05, 0.1) is 0 Å². The summed E-state index contributed by atoms with van der Waals surface area (Å²) in [5.74, 6) is 0.740. The Morgan fingerprint density at radius 2 is 2.12 bits per heavy atom. The van der Waals surface area contributed by atoms with Gasteiger partial charge < -0.3 is 10.2 Å². The normalized spacial score (nSPS) is 11.6. The first kappa shape index (κ1) is 13.7. The highest BCUT2D eigenvalue weighted by Crippen LogP contribution is 2.14. The van der Waals surface area contributed by atoms with Crippen molar-refractivity contribution in [2.45, 2.75) is 27.3 Å². The third-order valence-corrected chi connectivity index (χ3v) is 3.54. The minimum atomic E-state index is 0.740. The highest BCUT2D eigenvalue weighted by Gasteiger charge is 2.03. The van der Waals surface area contributed by atoms with Gasteiger partial charge in [-0.05, 0) is 48.3 Å². The lowest BCUT2D eigenvalue weighted by Crippen LogP contribution is -2.30. The van der Waals surface area contributed by atoms with Crippen LogP contribution in [-0.2, 0) is 6.54 Å². The second-order valence-corrected chi connectivity index (χ2v) is 5.66. The first-order chi connectivity index (χ1) is 7.59. The molecule has 16 heavy (non-hydrogen) atoms. The number of nitrogens with one attached hydrogen (secondary N) is 1. The van der Waals surface area contributed by atoms with Crippen LogP contribution >= 0.6 is 11.3 Å². The van der Waals surface area contributed by atoms with Crippen molar-refractivity contribution in [3.05, 3.63) is 21.9 Å².